The molecule has 5 nitrogen and oxygen atoms in total. The first-order chi connectivity index (χ1) is 12.1. The summed E-state index contributed by atoms with van der Waals surface area (Å²) in [4.78, 5) is 12.5. The average molecular weight is 356 g/mol. The molecular weight excluding hydrogens is 332 g/mol. The standard InChI is InChI=1S/C21H24O5/c1-11(2)5-6-14-16(26-4)8-12-7-13-9-21(3,25)10-15(22)17(13)20(24)18(12)19(14)23/h5-8,11,23-25H,9-10H2,1-4H3/t21-/m0/s1. The number of carbonyl (C=O) groups excluding carboxylic acids is 1. The van der Waals surface area contributed by atoms with Crippen LogP contribution < -0.4 is 4.74 Å². The zero-order valence-electron chi connectivity index (χ0n) is 15.5. The fourth-order valence-electron chi connectivity index (χ4n) is 3.56. The van der Waals surface area contributed by atoms with Gasteiger partial charge in [0.05, 0.1) is 29.2 Å². The molecule has 26 heavy (non-hydrogen) atoms. The van der Waals surface area contributed by atoms with Gasteiger partial charge >= 0.3 is 0 Å². The number of carbonyl (C=O) groups is 1. The number of Topliss-reactive ketones (excluding diaryl/α,β-unsaturated/α-hetero) is 1. The van der Waals surface area contributed by atoms with Crippen LogP contribution in [-0.4, -0.2) is 33.8 Å². The molecule has 0 saturated carbocycles. The third-order valence-electron chi connectivity index (χ3n) is 4.72. The highest BCUT2D eigenvalue weighted by atomic mass is 16.5. The lowest BCUT2D eigenvalue weighted by atomic mass is 9.79. The largest absolute Gasteiger partial charge is 0.506 e. The number of aromatic hydroxyl groups is 2. The Bertz CT molecular complexity index is 922. The van der Waals surface area contributed by atoms with Gasteiger partial charge in [0.15, 0.2) is 5.78 Å². The summed E-state index contributed by atoms with van der Waals surface area (Å²) >= 11 is 0. The molecule has 1 atom stereocenters. The minimum atomic E-state index is -1.14. The van der Waals surface area contributed by atoms with Crippen molar-refractivity contribution < 1.29 is 24.9 Å². The van der Waals surface area contributed by atoms with Crippen LogP contribution in [0.5, 0.6) is 17.2 Å². The molecular formula is C21H24O5. The molecule has 0 aliphatic heterocycles. The maximum atomic E-state index is 12.5. The molecule has 0 bridgehead atoms. The molecule has 2 aromatic carbocycles. The van der Waals surface area contributed by atoms with Gasteiger partial charge in [0.1, 0.15) is 17.2 Å². The van der Waals surface area contributed by atoms with Crippen molar-refractivity contribution in [1.82, 2.24) is 0 Å². The molecule has 0 heterocycles. The monoisotopic (exact) mass is 356 g/mol. The summed E-state index contributed by atoms with van der Waals surface area (Å²) in [5.41, 5.74) is 0.0710. The van der Waals surface area contributed by atoms with E-state index in [1.54, 1.807) is 25.1 Å². The second-order valence-corrected chi connectivity index (χ2v) is 7.58. The van der Waals surface area contributed by atoms with E-state index in [1.807, 2.05) is 19.9 Å². The molecule has 0 aromatic heterocycles. The molecule has 138 valence electrons. The Balaban J connectivity index is 2.33. The Morgan fingerprint density at radius 3 is 2.50 bits per heavy atom. The molecule has 5 heteroatoms. The van der Waals surface area contributed by atoms with Crippen molar-refractivity contribution in [2.75, 3.05) is 7.11 Å². The van der Waals surface area contributed by atoms with Crippen molar-refractivity contribution in [1.29, 1.82) is 0 Å². The zero-order chi connectivity index (χ0) is 19.2. The average Bonchev–Trinajstić information content (AvgIpc) is 2.51. The van der Waals surface area contributed by atoms with Gasteiger partial charge in [-0.05, 0) is 35.9 Å². The maximum absolute atomic E-state index is 12.5. The molecule has 0 spiro atoms. The molecule has 0 unspecified atom stereocenters. The van der Waals surface area contributed by atoms with Crippen molar-refractivity contribution in [2.24, 2.45) is 5.92 Å². The fourth-order valence-corrected chi connectivity index (χ4v) is 3.56. The van der Waals surface area contributed by atoms with Gasteiger partial charge in [-0.25, -0.2) is 0 Å². The van der Waals surface area contributed by atoms with Gasteiger partial charge in [0, 0.05) is 12.8 Å². The van der Waals surface area contributed by atoms with Gasteiger partial charge in [-0.15, -0.1) is 0 Å². The van der Waals surface area contributed by atoms with Crippen molar-refractivity contribution in [3.8, 4) is 17.2 Å². The zero-order valence-corrected chi connectivity index (χ0v) is 15.5. The first-order valence-electron chi connectivity index (χ1n) is 8.67. The van der Waals surface area contributed by atoms with Crippen LogP contribution >= 0.6 is 0 Å². The first-order valence-corrected chi connectivity index (χ1v) is 8.67. The lowest BCUT2D eigenvalue weighted by molar-refractivity contribution is 0.0409. The number of allylic oxidation sites excluding steroid dienone is 1. The third kappa shape index (κ3) is 3.03. The highest BCUT2D eigenvalue weighted by molar-refractivity contribution is 6.10. The predicted octanol–water partition coefficient (Wildman–Crippen LogP) is 3.81. The summed E-state index contributed by atoms with van der Waals surface area (Å²) in [5, 5.41) is 32.6. The minimum Gasteiger partial charge on any atom is -0.506 e. The van der Waals surface area contributed by atoms with Crippen molar-refractivity contribution in [3.05, 3.63) is 34.9 Å². The van der Waals surface area contributed by atoms with Crippen molar-refractivity contribution >= 4 is 22.6 Å². The number of aliphatic hydroxyl groups is 1. The molecule has 0 amide bonds. The molecule has 2 aromatic rings. The van der Waals surface area contributed by atoms with Gasteiger partial charge in [-0.1, -0.05) is 26.0 Å². The molecule has 0 radical (unpaired) electrons. The smallest absolute Gasteiger partial charge is 0.169 e. The van der Waals surface area contributed by atoms with Gasteiger partial charge in [0.2, 0.25) is 0 Å². The molecule has 1 aliphatic rings. The van der Waals surface area contributed by atoms with Crippen LogP contribution in [0.15, 0.2) is 18.2 Å². The summed E-state index contributed by atoms with van der Waals surface area (Å²) in [6.07, 6.45) is 3.87. The summed E-state index contributed by atoms with van der Waals surface area (Å²) < 4.78 is 5.40. The number of hydrogen-bond acceptors (Lipinski definition) is 5. The van der Waals surface area contributed by atoms with E-state index < -0.39 is 5.60 Å². The number of phenols is 2. The summed E-state index contributed by atoms with van der Waals surface area (Å²) in [6, 6.07) is 3.46. The van der Waals surface area contributed by atoms with Crippen molar-refractivity contribution in [2.45, 2.75) is 39.2 Å². The number of ketones is 1. The molecule has 0 fully saturated rings. The van der Waals surface area contributed by atoms with E-state index in [9.17, 15) is 20.1 Å². The SMILES string of the molecule is COc1cc2cc3c(c(O)c2c(O)c1C=CC(C)C)C(=O)C[C@@](C)(O)C3. The first kappa shape index (κ1) is 18.3. The van der Waals surface area contributed by atoms with E-state index in [1.165, 1.54) is 7.11 Å². The molecule has 3 rings (SSSR count). The van der Waals surface area contributed by atoms with Crippen LogP contribution in [0.3, 0.4) is 0 Å². The number of benzene rings is 2. The number of fused-ring (bicyclic) bond motifs is 2. The molecule has 3 N–H and O–H groups in total. The minimum absolute atomic E-state index is 0.0594. The number of rotatable bonds is 3. The Kier molecular flexibility index (Phi) is 4.44. The van der Waals surface area contributed by atoms with E-state index in [4.69, 9.17) is 4.74 Å². The van der Waals surface area contributed by atoms with E-state index >= 15 is 0 Å². The second-order valence-electron chi connectivity index (χ2n) is 7.58. The molecule has 0 saturated heterocycles. The number of ether oxygens (including phenoxy) is 1. The quantitative estimate of drug-likeness (QED) is 0.778. The number of hydrogen-bond donors (Lipinski definition) is 3. The van der Waals surface area contributed by atoms with E-state index in [0.29, 0.717) is 22.3 Å². The lowest BCUT2D eigenvalue weighted by Crippen LogP contribution is -2.35. The Hall–Kier alpha value is -2.53. The summed E-state index contributed by atoms with van der Waals surface area (Å²) in [5.74, 6) is 0.0556. The van der Waals surface area contributed by atoms with E-state index in [0.717, 1.165) is 0 Å². The topological polar surface area (TPSA) is 87.0 Å². The van der Waals surface area contributed by atoms with Crippen molar-refractivity contribution in [3.63, 3.8) is 0 Å². The van der Waals surface area contributed by atoms with E-state index in [-0.39, 0.29) is 47.0 Å². The molecule has 1 aliphatic carbocycles. The van der Waals surface area contributed by atoms with Crippen LogP contribution in [-0.2, 0) is 6.42 Å². The highest BCUT2D eigenvalue weighted by Crippen LogP contribution is 2.46. The van der Waals surface area contributed by atoms with Gasteiger partial charge < -0.3 is 20.1 Å². The number of methoxy groups -OCH3 is 1. The second kappa shape index (κ2) is 6.32. The van der Waals surface area contributed by atoms with Gasteiger partial charge in [-0.3, -0.25) is 4.79 Å². The van der Waals surface area contributed by atoms with Crippen LogP contribution in [0.1, 0.15) is 48.7 Å². The predicted molar refractivity (Wildman–Crippen MR) is 101 cm³/mol. The summed E-state index contributed by atoms with van der Waals surface area (Å²) in [6.45, 7) is 5.63. The third-order valence-corrected chi connectivity index (χ3v) is 4.72. The maximum Gasteiger partial charge on any atom is 0.169 e. The fraction of sp³-hybridized carbons (Fsp3) is 0.381. The Labute approximate surface area is 152 Å². The van der Waals surface area contributed by atoms with Crippen LogP contribution in [0.2, 0.25) is 0 Å². The summed E-state index contributed by atoms with van der Waals surface area (Å²) in [7, 11) is 1.51. The van der Waals surface area contributed by atoms with Gasteiger partial charge in [0.25, 0.3) is 0 Å². The van der Waals surface area contributed by atoms with Crippen LogP contribution in [0.25, 0.3) is 16.8 Å². The lowest BCUT2D eigenvalue weighted by Gasteiger charge is -2.30. The highest BCUT2D eigenvalue weighted by Gasteiger charge is 2.36. The van der Waals surface area contributed by atoms with E-state index in [2.05, 4.69) is 0 Å². The Morgan fingerprint density at radius 2 is 1.88 bits per heavy atom. The Morgan fingerprint density at radius 1 is 1.19 bits per heavy atom. The van der Waals surface area contributed by atoms with Crippen LogP contribution in [0, 0.1) is 5.92 Å². The van der Waals surface area contributed by atoms with Crippen LogP contribution in [0.4, 0.5) is 0 Å². The number of phenolic OH excluding ortho intramolecular Hbond substituents is 2. The van der Waals surface area contributed by atoms with Gasteiger partial charge in [-0.2, -0.15) is 0 Å². The normalized spacial score (nSPS) is 20.2.